The van der Waals surface area contributed by atoms with Crippen LogP contribution in [-0.4, -0.2) is 16.1 Å². The van der Waals surface area contributed by atoms with E-state index in [9.17, 15) is 4.79 Å². The van der Waals surface area contributed by atoms with E-state index in [1.165, 1.54) is 0 Å². The number of aromatic nitrogens is 2. The number of nitrogens with zero attached hydrogens (tertiary/aromatic N) is 1. The first-order chi connectivity index (χ1) is 7.04. The van der Waals surface area contributed by atoms with E-state index in [2.05, 4.69) is 29.4 Å². The number of carbonyl (C=O) groups is 1. The minimum absolute atomic E-state index is 0.0666. The second-order valence-corrected chi connectivity index (χ2v) is 4.07. The number of H-pyrrole nitrogens is 1. The predicted octanol–water partition coefficient (Wildman–Crippen LogP) is 2.40. The van der Waals surface area contributed by atoms with Crippen molar-refractivity contribution in [3.05, 3.63) is 11.4 Å². The first-order valence-electron chi connectivity index (χ1n) is 5.36. The van der Waals surface area contributed by atoms with Crippen LogP contribution in [0.5, 0.6) is 0 Å². The molecule has 4 nitrogen and oxygen atoms in total. The highest BCUT2D eigenvalue weighted by Gasteiger charge is 2.12. The summed E-state index contributed by atoms with van der Waals surface area (Å²) in [4.78, 5) is 11.6. The molecule has 0 aliphatic carbocycles. The molecule has 0 saturated carbocycles. The van der Waals surface area contributed by atoms with E-state index in [4.69, 9.17) is 0 Å². The van der Waals surface area contributed by atoms with Crippen LogP contribution in [0.1, 0.15) is 38.1 Å². The molecule has 1 heterocycles. The lowest BCUT2D eigenvalue weighted by molar-refractivity contribution is -0.117. The van der Waals surface area contributed by atoms with Gasteiger partial charge in [-0.15, -0.1) is 0 Å². The number of hydrogen-bond acceptors (Lipinski definition) is 2. The lowest BCUT2D eigenvalue weighted by Crippen LogP contribution is -2.15. The summed E-state index contributed by atoms with van der Waals surface area (Å²) in [6, 6.07) is 0. The molecule has 1 rings (SSSR count). The number of hydrogen-bond donors (Lipinski definition) is 2. The molecule has 0 aliphatic rings. The van der Waals surface area contributed by atoms with Crippen LogP contribution < -0.4 is 5.32 Å². The molecule has 1 unspecified atom stereocenters. The molecule has 4 heteroatoms. The summed E-state index contributed by atoms with van der Waals surface area (Å²) >= 11 is 0. The molecule has 0 spiro atoms. The average Bonchev–Trinajstić information content (AvgIpc) is 2.49. The molecule has 0 aliphatic heterocycles. The Bertz CT molecular complexity index is 324. The van der Waals surface area contributed by atoms with E-state index >= 15 is 0 Å². The Morgan fingerprint density at radius 2 is 2.20 bits per heavy atom. The minimum Gasteiger partial charge on any atom is -0.323 e. The van der Waals surface area contributed by atoms with Crippen molar-refractivity contribution in [3.8, 4) is 0 Å². The second kappa shape index (κ2) is 4.96. The normalized spacial score (nSPS) is 12.5. The van der Waals surface area contributed by atoms with Gasteiger partial charge in [0.15, 0.2) is 0 Å². The van der Waals surface area contributed by atoms with Crippen molar-refractivity contribution in [1.29, 1.82) is 0 Å². The van der Waals surface area contributed by atoms with E-state index in [-0.39, 0.29) is 5.91 Å². The molecule has 1 atom stereocenters. The third-order valence-corrected chi connectivity index (χ3v) is 2.62. The Morgan fingerprint density at radius 3 is 2.67 bits per heavy atom. The maximum atomic E-state index is 11.6. The molecule has 15 heavy (non-hydrogen) atoms. The molecule has 0 saturated heterocycles. The number of aryl methyl sites for hydroxylation is 2. The molecule has 1 amide bonds. The van der Waals surface area contributed by atoms with Gasteiger partial charge in [-0.05, 0) is 19.8 Å². The second-order valence-electron chi connectivity index (χ2n) is 4.07. The number of anilines is 1. The van der Waals surface area contributed by atoms with Crippen molar-refractivity contribution < 1.29 is 4.79 Å². The van der Waals surface area contributed by atoms with Crippen molar-refractivity contribution in [3.63, 3.8) is 0 Å². The van der Waals surface area contributed by atoms with Crippen LogP contribution in [-0.2, 0) is 4.79 Å². The molecule has 2 N–H and O–H groups in total. The van der Waals surface area contributed by atoms with Gasteiger partial charge in [0.2, 0.25) is 5.91 Å². The van der Waals surface area contributed by atoms with Gasteiger partial charge in [-0.1, -0.05) is 20.3 Å². The zero-order valence-corrected chi connectivity index (χ0v) is 9.85. The lowest BCUT2D eigenvalue weighted by atomic mass is 10.1. The van der Waals surface area contributed by atoms with Gasteiger partial charge in [0.1, 0.15) is 0 Å². The van der Waals surface area contributed by atoms with E-state index in [0.29, 0.717) is 12.3 Å². The first kappa shape index (κ1) is 11.8. The van der Waals surface area contributed by atoms with Gasteiger partial charge in [0, 0.05) is 6.42 Å². The van der Waals surface area contributed by atoms with Gasteiger partial charge >= 0.3 is 0 Å². The van der Waals surface area contributed by atoms with Gasteiger partial charge in [0.05, 0.1) is 17.1 Å². The van der Waals surface area contributed by atoms with Crippen LogP contribution in [0.4, 0.5) is 5.69 Å². The number of carbonyl (C=O) groups excluding carboxylic acids is 1. The van der Waals surface area contributed by atoms with Gasteiger partial charge < -0.3 is 5.32 Å². The van der Waals surface area contributed by atoms with Gasteiger partial charge in [-0.2, -0.15) is 5.10 Å². The lowest BCUT2D eigenvalue weighted by Gasteiger charge is -2.09. The highest BCUT2D eigenvalue weighted by Crippen LogP contribution is 2.17. The van der Waals surface area contributed by atoms with Crippen molar-refractivity contribution >= 4 is 11.6 Å². The van der Waals surface area contributed by atoms with Crippen LogP contribution in [0, 0.1) is 19.8 Å². The molecule has 1 aromatic heterocycles. The Kier molecular flexibility index (Phi) is 3.88. The van der Waals surface area contributed by atoms with Crippen LogP contribution in [0.3, 0.4) is 0 Å². The molecule has 1 aromatic rings. The summed E-state index contributed by atoms with van der Waals surface area (Å²) < 4.78 is 0. The predicted molar refractivity (Wildman–Crippen MR) is 60.8 cm³/mol. The van der Waals surface area contributed by atoms with Gasteiger partial charge in [-0.25, -0.2) is 0 Å². The maximum absolute atomic E-state index is 11.6. The Hall–Kier alpha value is -1.32. The summed E-state index contributed by atoms with van der Waals surface area (Å²) in [7, 11) is 0. The zero-order valence-electron chi connectivity index (χ0n) is 9.85. The molecule has 0 fully saturated rings. The number of rotatable bonds is 4. The highest BCUT2D eigenvalue weighted by atomic mass is 16.1. The molecule has 0 aromatic carbocycles. The van der Waals surface area contributed by atoms with Crippen LogP contribution in [0.15, 0.2) is 0 Å². The topological polar surface area (TPSA) is 57.8 Å². The Morgan fingerprint density at radius 1 is 1.53 bits per heavy atom. The maximum Gasteiger partial charge on any atom is 0.224 e. The standard InChI is InChI=1S/C11H19N3O/c1-5-7(2)6-10(15)12-11-8(3)13-14-9(11)4/h7H,5-6H2,1-4H3,(H,12,15)(H,13,14). The van der Waals surface area contributed by atoms with Crippen molar-refractivity contribution in [2.24, 2.45) is 5.92 Å². The van der Waals surface area contributed by atoms with E-state index in [0.717, 1.165) is 23.5 Å². The van der Waals surface area contributed by atoms with Crippen molar-refractivity contribution in [2.45, 2.75) is 40.5 Å². The Labute approximate surface area is 90.5 Å². The van der Waals surface area contributed by atoms with Gasteiger partial charge in [0.25, 0.3) is 0 Å². The van der Waals surface area contributed by atoms with Gasteiger partial charge in [-0.3, -0.25) is 9.89 Å². The summed E-state index contributed by atoms with van der Waals surface area (Å²) in [5.41, 5.74) is 2.57. The number of nitrogens with one attached hydrogen (secondary N) is 2. The van der Waals surface area contributed by atoms with Crippen LogP contribution >= 0.6 is 0 Å². The fraction of sp³-hybridized carbons (Fsp3) is 0.636. The molecule has 84 valence electrons. The largest absolute Gasteiger partial charge is 0.323 e. The quantitative estimate of drug-likeness (QED) is 0.800. The fourth-order valence-electron chi connectivity index (χ4n) is 1.39. The number of amides is 1. The first-order valence-corrected chi connectivity index (χ1v) is 5.36. The fourth-order valence-corrected chi connectivity index (χ4v) is 1.39. The van der Waals surface area contributed by atoms with E-state index in [1.807, 2.05) is 13.8 Å². The minimum atomic E-state index is 0.0666. The van der Waals surface area contributed by atoms with Crippen molar-refractivity contribution in [1.82, 2.24) is 10.2 Å². The van der Waals surface area contributed by atoms with E-state index in [1.54, 1.807) is 0 Å². The molecular formula is C11H19N3O. The summed E-state index contributed by atoms with van der Waals surface area (Å²) in [5.74, 6) is 0.495. The average molecular weight is 209 g/mol. The summed E-state index contributed by atoms with van der Waals surface area (Å²) in [6.45, 7) is 7.95. The molecule has 0 bridgehead atoms. The third kappa shape index (κ3) is 3.08. The SMILES string of the molecule is CCC(C)CC(=O)Nc1c(C)n[nH]c1C. The molecule has 0 radical (unpaired) electrons. The monoisotopic (exact) mass is 209 g/mol. The molecular weight excluding hydrogens is 190 g/mol. The van der Waals surface area contributed by atoms with Crippen LogP contribution in [0.2, 0.25) is 0 Å². The van der Waals surface area contributed by atoms with Crippen molar-refractivity contribution in [2.75, 3.05) is 5.32 Å². The summed E-state index contributed by atoms with van der Waals surface area (Å²) in [5, 5.41) is 9.76. The zero-order chi connectivity index (χ0) is 11.4. The number of aromatic amines is 1. The smallest absolute Gasteiger partial charge is 0.224 e. The highest BCUT2D eigenvalue weighted by molar-refractivity contribution is 5.91. The van der Waals surface area contributed by atoms with Crippen LogP contribution in [0.25, 0.3) is 0 Å². The third-order valence-electron chi connectivity index (χ3n) is 2.62. The Balaban J connectivity index is 2.59. The van der Waals surface area contributed by atoms with E-state index < -0.39 is 0 Å². The summed E-state index contributed by atoms with van der Waals surface area (Å²) in [6.07, 6.45) is 1.59.